The number of hydrogen-bond donors (Lipinski definition) is 0. The minimum Gasteiger partial charge on any atom is -0.309 e. The summed E-state index contributed by atoms with van der Waals surface area (Å²) in [6, 6.07) is 70.3. The second-order valence-corrected chi connectivity index (χ2v) is 16.9. The van der Waals surface area contributed by atoms with Crippen LogP contribution in [0.25, 0.3) is 80.7 Å². The van der Waals surface area contributed by atoms with Gasteiger partial charge in [0.1, 0.15) is 0 Å². The highest BCUT2D eigenvalue weighted by Gasteiger charge is 2.48. The summed E-state index contributed by atoms with van der Waals surface area (Å²) < 4.78 is 5.08. The number of rotatable bonds is 3. The minimum atomic E-state index is -0.316. The first-order valence-electron chi connectivity index (χ1n) is 19.8. The summed E-state index contributed by atoms with van der Waals surface area (Å²) >= 11 is 1.89. The van der Waals surface area contributed by atoms with Crippen molar-refractivity contribution in [2.24, 2.45) is 0 Å². The maximum absolute atomic E-state index is 2.59. The van der Waals surface area contributed by atoms with Crippen LogP contribution in [0.1, 0.15) is 23.6 Å². The van der Waals surface area contributed by atoms with Gasteiger partial charge in [0.25, 0.3) is 0 Å². The van der Waals surface area contributed by atoms with Crippen LogP contribution >= 0.6 is 11.3 Å². The Labute approximate surface area is 334 Å². The number of benzene rings is 9. The van der Waals surface area contributed by atoms with Crippen molar-refractivity contribution in [2.75, 3.05) is 4.90 Å². The molecule has 9 aromatic carbocycles. The molecule has 1 aliphatic heterocycles. The van der Waals surface area contributed by atoms with Crippen LogP contribution < -0.4 is 4.90 Å². The lowest BCUT2D eigenvalue weighted by Crippen LogP contribution is -2.32. The SMILES string of the molecule is CC12c3ccccc3-c3cccc(c31)N(c1ccccc1-c1cc(-n3c4ccccc4c4ccccc43)cc3ccccc13)c1cc3sc4ccccc4c3cc12. The van der Waals surface area contributed by atoms with E-state index in [-0.39, 0.29) is 5.41 Å². The van der Waals surface area contributed by atoms with Gasteiger partial charge in [-0.15, -0.1) is 11.3 Å². The molecule has 0 fully saturated rings. The van der Waals surface area contributed by atoms with Crippen molar-refractivity contribution < 1.29 is 0 Å². The fraction of sp³-hybridized carbons (Fsp3) is 0.0370. The van der Waals surface area contributed by atoms with E-state index in [2.05, 4.69) is 204 Å². The molecule has 1 aliphatic carbocycles. The Balaban J connectivity index is 1.12. The molecule has 11 aromatic rings. The molecule has 3 heteroatoms. The smallest absolute Gasteiger partial charge is 0.0541 e. The van der Waals surface area contributed by atoms with Crippen LogP contribution in [0.5, 0.6) is 0 Å². The van der Waals surface area contributed by atoms with Gasteiger partial charge in [-0.1, -0.05) is 133 Å². The lowest BCUT2D eigenvalue weighted by atomic mass is 9.70. The molecule has 0 amide bonds. The van der Waals surface area contributed by atoms with E-state index in [1.807, 2.05) is 11.3 Å². The maximum atomic E-state index is 2.59. The monoisotopic (exact) mass is 742 g/mol. The normalized spacial score (nSPS) is 15.5. The second-order valence-electron chi connectivity index (χ2n) is 15.8. The summed E-state index contributed by atoms with van der Waals surface area (Å²) in [6.45, 7) is 2.46. The molecule has 0 saturated carbocycles. The average molecular weight is 743 g/mol. The zero-order chi connectivity index (χ0) is 37.4. The van der Waals surface area contributed by atoms with Gasteiger partial charge >= 0.3 is 0 Å². The zero-order valence-corrected chi connectivity index (χ0v) is 32.0. The topological polar surface area (TPSA) is 8.17 Å². The Kier molecular flexibility index (Phi) is 6.21. The lowest BCUT2D eigenvalue weighted by molar-refractivity contribution is 0.703. The van der Waals surface area contributed by atoms with E-state index in [1.54, 1.807) is 0 Å². The van der Waals surface area contributed by atoms with Gasteiger partial charge in [0.2, 0.25) is 0 Å². The predicted octanol–water partition coefficient (Wildman–Crippen LogP) is 15.1. The number of nitrogens with zero attached hydrogens (tertiary/aromatic N) is 2. The van der Waals surface area contributed by atoms with Crippen molar-refractivity contribution in [1.29, 1.82) is 0 Å². The molecular formula is C54H34N2S. The van der Waals surface area contributed by atoms with E-state index in [1.165, 1.54) is 109 Å². The summed E-state index contributed by atoms with van der Waals surface area (Å²) in [7, 11) is 0. The Morgan fingerprint density at radius 1 is 0.404 bits per heavy atom. The molecule has 0 saturated heterocycles. The van der Waals surface area contributed by atoms with Gasteiger partial charge in [-0.2, -0.15) is 0 Å². The molecule has 0 bridgehead atoms. The molecule has 2 nitrogen and oxygen atoms in total. The molecule has 1 atom stereocenters. The summed E-state index contributed by atoms with van der Waals surface area (Å²) in [4.78, 5) is 2.59. The highest BCUT2D eigenvalue weighted by molar-refractivity contribution is 7.25. The van der Waals surface area contributed by atoms with Crippen LogP contribution in [0, 0.1) is 0 Å². The van der Waals surface area contributed by atoms with E-state index < -0.39 is 0 Å². The van der Waals surface area contributed by atoms with Crippen LogP contribution in [0.2, 0.25) is 0 Å². The third kappa shape index (κ3) is 4.09. The molecule has 3 heterocycles. The molecule has 0 radical (unpaired) electrons. The number of para-hydroxylation sites is 3. The first kappa shape index (κ1) is 31.3. The van der Waals surface area contributed by atoms with Crippen molar-refractivity contribution in [3.05, 3.63) is 205 Å². The van der Waals surface area contributed by atoms with Gasteiger partial charge < -0.3 is 9.47 Å². The summed E-state index contributed by atoms with van der Waals surface area (Å²) in [5.74, 6) is 0. The Morgan fingerprint density at radius 2 is 1.04 bits per heavy atom. The number of aromatic nitrogens is 1. The van der Waals surface area contributed by atoms with Gasteiger partial charge in [-0.05, 0) is 106 Å². The van der Waals surface area contributed by atoms with E-state index in [9.17, 15) is 0 Å². The third-order valence-electron chi connectivity index (χ3n) is 12.9. The molecule has 0 spiro atoms. The first-order valence-corrected chi connectivity index (χ1v) is 20.6. The molecule has 1 unspecified atom stereocenters. The Morgan fingerprint density at radius 3 is 1.86 bits per heavy atom. The minimum absolute atomic E-state index is 0.316. The first-order chi connectivity index (χ1) is 28.2. The lowest BCUT2D eigenvalue weighted by Gasteiger charge is -2.43. The van der Waals surface area contributed by atoms with Crippen LogP contribution in [-0.2, 0) is 5.41 Å². The van der Waals surface area contributed by atoms with Crippen molar-refractivity contribution in [1.82, 2.24) is 4.57 Å². The van der Waals surface area contributed by atoms with Crippen LogP contribution in [0.3, 0.4) is 0 Å². The number of hydrogen-bond acceptors (Lipinski definition) is 2. The van der Waals surface area contributed by atoms with Gasteiger partial charge in [-0.25, -0.2) is 0 Å². The van der Waals surface area contributed by atoms with E-state index in [0.29, 0.717) is 0 Å². The second kappa shape index (κ2) is 11.3. The fourth-order valence-electron chi connectivity index (χ4n) is 10.5. The van der Waals surface area contributed by atoms with Crippen molar-refractivity contribution in [3.8, 4) is 27.9 Å². The van der Waals surface area contributed by atoms with Gasteiger partial charge in [-0.3, -0.25) is 0 Å². The molecule has 57 heavy (non-hydrogen) atoms. The highest BCUT2D eigenvalue weighted by Crippen LogP contribution is 2.63. The Bertz CT molecular complexity index is 3460. The quantitative estimate of drug-likeness (QED) is 0.175. The highest BCUT2D eigenvalue weighted by atomic mass is 32.1. The predicted molar refractivity (Wildman–Crippen MR) is 242 cm³/mol. The molecule has 2 aromatic heterocycles. The molecule has 13 rings (SSSR count). The Hall–Kier alpha value is -6.94. The fourth-order valence-corrected chi connectivity index (χ4v) is 11.6. The molecule has 266 valence electrons. The van der Waals surface area contributed by atoms with Crippen molar-refractivity contribution in [3.63, 3.8) is 0 Å². The van der Waals surface area contributed by atoms with Gasteiger partial charge in [0.15, 0.2) is 0 Å². The zero-order valence-electron chi connectivity index (χ0n) is 31.2. The third-order valence-corrected chi connectivity index (χ3v) is 14.1. The largest absolute Gasteiger partial charge is 0.309 e. The molecule has 2 aliphatic rings. The van der Waals surface area contributed by atoms with Crippen molar-refractivity contribution >= 4 is 81.1 Å². The van der Waals surface area contributed by atoms with Crippen molar-refractivity contribution in [2.45, 2.75) is 12.3 Å². The maximum Gasteiger partial charge on any atom is 0.0541 e. The van der Waals surface area contributed by atoms with Crippen LogP contribution in [0.4, 0.5) is 17.1 Å². The number of fused-ring (bicyclic) bond motifs is 12. The van der Waals surface area contributed by atoms with Gasteiger partial charge in [0, 0.05) is 47.6 Å². The van der Waals surface area contributed by atoms with E-state index in [0.717, 1.165) is 5.69 Å². The standard InChI is InChI=1S/C54H34N2S/c1-54-44-23-9-4-17-36(44)41-22-14-27-49(53(41)54)56(50-32-52-43(31-45(50)54)40-21-8-13-28-51(40)57-52)48-26-12-7-20-39(48)42-30-34(29-33-15-2-3-16-35(33)42)55-46-24-10-5-18-37(46)38-19-6-11-25-47(38)55/h2-32H,1H3. The van der Waals surface area contributed by atoms with Gasteiger partial charge in [0.05, 0.1) is 28.1 Å². The van der Waals surface area contributed by atoms with E-state index in [4.69, 9.17) is 0 Å². The summed E-state index contributed by atoms with van der Waals surface area (Å²) in [5.41, 5.74) is 16.1. The average Bonchev–Trinajstić information content (AvgIpc) is 3.89. The van der Waals surface area contributed by atoms with E-state index >= 15 is 0 Å². The number of anilines is 3. The summed E-state index contributed by atoms with van der Waals surface area (Å²) in [6.07, 6.45) is 0. The van der Waals surface area contributed by atoms with Crippen LogP contribution in [-0.4, -0.2) is 4.57 Å². The molecular weight excluding hydrogens is 709 g/mol. The number of thiophene rings is 1. The summed E-state index contributed by atoms with van der Waals surface area (Å²) in [5, 5.41) is 7.65. The van der Waals surface area contributed by atoms with Crippen LogP contribution in [0.15, 0.2) is 188 Å². The molecule has 0 N–H and O–H groups in total.